The summed E-state index contributed by atoms with van der Waals surface area (Å²) >= 11 is 12.5. The first kappa shape index (κ1) is 24.4. The fraction of sp³-hybridized carbons (Fsp3) is 0.111. The number of carbonyl (C=O) groups excluding carboxylic acids is 1. The highest BCUT2D eigenvalue weighted by molar-refractivity contribution is 6.35. The molecular formula is C27H23Cl2N3O3. The first-order valence-corrected chi connectivity index (χ1v) is 11.5. The van der Waals surface area contributed by atoms with E-state index in [4.69, 9.17) is 32.7 Å². The van der Waals surface area contributed by atoms with Crippen molar-refractivity contribution in [2.45, 2.75) is 13.5 Å². The molecule has 35 heavy (non-hydrogen) atoms. The Morgan fingerprint density at radius 1 is 0.943 bits per heavy atom. The molecule has 1 amide bonds. The lowest BCUT2D eigenvalue weighted by Crippen LogP contribution is -2.21. The van der Waals surface area contributed by atoms with Crippen molar-refractivity contribution in [1.82, 2.24) is 9.99 Å². The number of rotatable bonds is 8. The molecule has 0 saturated carbocycles. The number of hydrogen-bond acceptors (Lipinski definition) is 4. The van der Waals surface area contributed by atoms with Gasteiger partial charge in [-0.3, -0.25) is 4.79 Å². The second-order valence-electron chi connectivity index (χ2n) is 7.60. The molecule has 8 heteroatoms. The molecule has 0 atom stereocenters. The van der Waals surface area contributed by atoms with Crippen molar-refractivity contribution in [3.63, 3.8) is 0 Å². The monoisotopic (exact) mass is 507 g/mol. The number of ether oxygens (including phenoxy) is 2. The van der Waals surface area contributed by atoms with Crippen molar-refractivity contribution in [2.75, 3.05) is 7.11 Å². The van der Waals surface area contributed by atoms with E-state index in [9.17, 15) is 4.79 Å². The summed E-state index contributed by atoms with van der Waals surface area (Å²) in [6, 6.07) is 21.9. The van der Waals surface area contributed by atoms with Gasteiger partial charge in [-0.05, 0) is 61.5 Å². The maximum atomic E-state index is 12.9. The molecule has 178 valence electrons. The minimum absolute atomic E-state index is 0.193. The van der Waals surface area contributed by atoms with Crippen molar-refractivity contribution in [1.29, 1.82) is 0 Å². The molecule has 4 aromatic rings. The number of hydrogen-bond donors (Lipinski definition) is 1. The maximum absolute atomic E-state index is 12.9. The zero-order chi connectivity index (χ0) is 24.8. The fourth-order valence-corrected chi connectivity index (χ4v) is 3.98. The molecule has 6 nitrogen and oxygen atoms in total. The largest absolute Gasteiger partial charge is 0.493 e. The Bertz CT molecular complexity index is 1350. The molecular weight excluding hydrogens is 485 g/mol. The number of para-hydroxylation sites is 1. The summed E-state index contributed by atoms with van der Waals surface area (Å²) in [5, 5.41) is 5.36. The summed E-state index contributed by atoms with van der Waals surface area (Å²) in [7, 11) is 1.56. The third-order valence-corrected chi connectivity index (χ3v) is 6.08. The molecule has 4 rings (SSSR count). The summed E-state index contributed by atoms with van der Waals surface area (Å²) in [5.74, 6) is 0.742. The molecule has 1 heterocycles. The Balaban J connectivity index is 1.48. The van der Waals surface area contributed by atoms with Gasteiger partial charge in [0.25, 0.3) is 5.91 Å². The Labute approximate surface area is 213 Å². The minimum Gasteiger partial charge on any atom is -0.493 e. The zero-order valence-electron chi connectivity index (χ0n) is 19.2. The van der Waals surface area contributed by atoms with Gasteiger partial charge < -0.3 is 14.0 Å². The molecule has 0 aliphatic carbocycles. The molecule has 0 radical (unpaired) electrons. The van der Waals surface area contributed by atoms with Crippen molar-refractivity contribution in [3.8, 4) is 17.2 Å². The maximum Gasteiger partial charge on any atom is 0.273 e. The summed E-state index contributed by atoms with van der Waals surface area (Å²) in [4.78, 5) is 12.9. The lowest BCUT2D eigenvalue weighted by atomic mass is 10.1. The van der Waals surface area contributed by atoms with Gasteiger partial charge in [0.15, 0.2) is 11.5 Å². The summed E-state index contributed by atoms with van der Waals surface area (Å²) in [5.41, 5.74) is 6.00. The summed E-state index contributed by atoms with van der Waals surface area (Å²) in [6.45, 7) is 2.00. The predicted octanol–water partition coefficient (Wildman–Crippen LogP) is 6.53. The second kappa shape index (κ2) is 11.1. The van der Waals surface area contributed by atoms with E-state index < -0.39 is 0 Å². The van der Waals surface area contributed by atoms with Gasteiger partial charge in [0, 0.05) is 33.6 Å². The summed E-state index contributed by atoms with van der Waals surface area (Å²) < 4.78 is 13.3. The van der Waals surface area contributed by atoms with Gasteiger partial charge in [0.2, 0.25) is 0 Å². The molecule has 1 N–H and O–H groups in total. The number of carbonyl (C=O) groups is 1. The number of amides is 1. The van der Waals surface area contributed by atoms with Gasteiger partial charge in [-0.2, -0.15) is 5.10 Å². The molecule has 1 aromatic heterocycles. The molecule has 0 aliphatic rings. The number of nitrogens with one attached hydrogen (secondary N) is 1. The van der Waals surface area contributed by atoms with E-state index in [-0.39, 0.29) is 12.5 Å². The highest BCUT2D eigenvalue weighted by Gasteiger charge is 2.13. The third-order valence-electron chi connectivity index (χ3n) is 5.37. The third kappa shape index (κ3) is 5.67. The molecule has 0 unspecified atom stereocenters. The van der Waals surface area contributed by atoms with E-state index in [0.29, 0.717) is 38.4 Å². The number of halogens is 2. The summed E-state index contributed by atoms with van der Waals surface area (Å²) in [6.07, 6.45) is 3.77. The van der Waals surface area contributed by atoms with E-state index in [2.05, 4.69) is 10.5 Å². The smallest absolute Gasteiger partial charge is 0.273 e. The molecule has 0 bridgehead atoms. The van der Waals surface area contributed by atoms with Crippen LogP contribution in [0.2, 0.25) is 10.0 Å². The van der Waals surface area contributed by atoms with Crippen LogP contribution in [-0.2, 0) is 6.61 Å². The number of nitrogens with zero attached hydrogens (tertiary/aromatic N) is 2. The van der Waals surface area contributed by atoms with Crippen LogP contribution in [0.1, 0.15) is 28.4 Å². The van der Waals surface area contributed by atoms with Gasteiger partial charge in [-0.1, -0.05) is 41.4 Å². The average Bonchev–Trinajstić information content (AvgIpc) is 3.42. The van der Waals surface area contributed by atoms with Crippen LogP contribution < -0.4 is 14.9 Å². The van der Waals surface area contributed by atoms with Gasteiger partial charge in [-0.15, -0.1) is 0 Å². The van der Waals surface area contributed by atoms with E-state index in [1.807, 2.05) is 53.4 Å². The number of aromatic nitrogens is 1. The van der Waals surface area contributed by atoms with Crippen LogP contribution in [0.3, 0.4) is 0 Å². The zero-order valence-corrected chi connectivity index (χ0v) is 20.7. The Morgan fingerprint density at radius 2 is 1.66 bits per heavy atom. The number of benzene rings is 3. The van der Waals surface area contributed by atoms with E-state index >= 15 is 0 Å². The van der Waals surface area contributed by atoms with Crippen LogP contribution >= 0.6 is 23.2 Å². The molecule has 0 fully saturated rings. The Morgan fingerprint density at radius 3 is 2.37 bits per heavy atom. The Kier molecular flexibility index (Phi) is 7.75. The van der Waals surface area contributed by atoms with Crippen LogP contribution in [0.15, 0.2) is 90.3 Å². The van der Waals surface area contributed by atoms with Crippen LogP contribution in [0.4, 0.5) is 0 Å². The first-order chi connectivity index (χ1) is 17.0. The van der Waals surface area contributed by atoms with Gasteiger partial charge in [0.05, 0.1) is 24.1 Å². The van der Waals surface area contributed by atoms with E-state index in [1.165, 1.54) is 0 Å². The van der Waals surface area contributed by atoms with Crippen LogP contribution in [0.25, 0.3) is 5.69 Å². The van der Waals surface area contributed by atoms with Crippen LogP contribution in [0, 0.1) is 0 Å². The quantitative estimate of drug-likeness (QED) is 0.218. The van der Waals surface area contributed by atoms with Crippen LogP contribution in [0.5, 0.6) is 11.5 Å². The predicted molar refractivity (Wildman–Crippen MR) is 139 cm³/mol. The molecule has 3 aromatic carbocycles. The van der Waals surface area contributed by atoms with Crippen molar-refractivity contribution in [2.24, 2.45) is 5.10 Å². The first-order valence-electron chi connectivity index (χ1n) is 10.8. The van der Waals surface area contributed by atoms with Crippen molar-refractivity contribution < 1.29 is 14.3 Å². The topological polar surface area (TPSA) is 64.8 Å². The van der Waals surface area contributed by atoms with Crippen molar-refractivity contribution in [3.05, 3.63) is 112 Å². The lowest BCUT2D eigenvalue weighted by molar-refractivity contribution is 0.0955. The van der Waals surface area contributed by atoms with Gasteiger partial charge in [0.1, 0.15) is 6.61 Å². The minimum atomic E-state index is -0.308. The lowest BCUT2D eigenvalue weighted by Gasteiger charge is -2.14. The second-order valence-corrected chi connectivity index (χ2v) is 8.41. The van der Waals surface area contributed by atoms with Gasteiger partial charge >= 0.3 is 0 Å². The van der Waals surface area contributed by atoms with E-state index in [1.54, 1.807) is 50.4 Å². The molecule has 0 aliphatic heterocycles. The number of methoxy groups -OCH3 is 1. The van der Waals surface area contributed by atoms with Crippen LogP contribution in [-0.4, -0.2) is 23.3 Å². The van der Waals surface area contributed by atoms with Crippen molar-refractivity contribution >= 4 is 34.8 Å². The number of hydrazone groups is 1. The fourth-order valence-electron chi connectivity index (χ4n) is 3.48. The molecule has 0 spiro atoms. The average molecular weight is 508 g/mol. The Hall–Kier alpha value is -3.74. The molecule has 0 saturated heterocycles. The standard InChI is InChI=1S/C27H23Cl2N3O3/c1-18(30-31-27(33)20-8-3-4-11-24(20)32-14-5-6-15-32)19-12-13-25(26(16-19)34-2)35-17-21-22(28)9-7-10-23(21)29/h3-16H,17H2,1-2H3,(H,31,33)/b30-18+. The highest BCUT2D eigenvalue weighted by atomic mass is 35.5. The van der Waals surface area contributed by atoms with Gasteiger partial charge in [-0.25, -0.2) is 5.43 Å². The normalized spacial score (nSPS) is 11.3. The SMILES string of the molecule is COc1cc(/C(C)=N/NC(=O)c2ccccc2-n2cccc2)ccc1OCc1c(Cl)cccc1Cl. The van der Waals surface area contributed by atoms with E-state index in [0.717, 1.165) is 11.3 Å². The highest BCUT2D eigenvalue weighted by Crippen LogP contribution is 2.31.